The summed E-state index contributed by atoms with van der Waals surface area (Å²) < 4.78 is 5.24. The summed E-state index contributed by atoms with van der Waals surface area (Å²) in [6.07, 6.45) is 2.53. The zero-order chi connectivity index (χ0) is 10.8. The van der Waals surface area contributed by atoms with Crippen molar-refractivity contribution in [1.82, 2.24) is 9.80 Å². The third-order valence-electron chi connectivity index (χ3n) is 3.78. The topological polar surface area (TPSA) is 15.7 Å². The van der Waals surface area contributed by atoms with E-state index < -0.39 is 0 Å². The summed E-state index contributed by atoms with van der Waals surface area (Å²) in [4.78, 5) is 4.90. The molecule has 0 bridgehead atoms. The van der Waals surface area contributed by atoms with Crippen molar-refractivity contribution in [3.63, 3.8) is 0 Å². The predicted octanol–water partition coefficient (Wildman–Crippen LogP) is 1.31. The lowest BCUT2D eigenvalue weighted by Gasteiger charge is -2.43. The van der Waals surface area contributed by atoms with Crippen LogP contribution >= 0.6 is 0 Å². The van der Waals surface area contributed by atoms with Crippen LogP contribution in [0.5, 0.6) is 0 Å². The van der Waals surface area contributed by atoms with Crippen molar-refractivity contribution < 1.29 is 4.74 Å². The maximum atomic E-state index is 5.24. The molecule has 0 amide bonds. The Labute approximate surface area is 92.7 Å². The first-order valence-corrected chi connectivity index (χ1v) is 5.88. The summed E-state index contributed by atoms with van der Waals surface area (Å²) in [6, 6.07) is 1.42. The van der Waals surface area contributed by atoms with E-state index in [1.807, 2.05) is 0 Å². The SMILES string of the molecule is C=C(C)N1CCC(N(C)C2COC2)CC1. The molecule has 15 heavy (non-hydrogen) atoms. The van der Waals surface area contributed by atoms with Gasteiger partial charge in [-0.2, -0.15) is 0 Å². The average Bonchev–Trinajstić information content (AvgIpc) is 2.15. The number of hydrogen-bond acceptors (Lipinski definition) is 3. The van der Waals surface area contributed by atoms with Crippen LogP contribution in [0, 0.1) is 0 Å². The quantitative estimate of drug-likeness (QED) is 0.698. The molecule has 2 heterocycles. The molecule has 0 radical (unpaired) electrons. The number of piperidine rings is 1. The van der Waals surface area contributed by atoms with Gasteiger partial charge in [-0.25, -0.2) is 0 Å². The maximum absolute atomic E-state index is 5.24. The van der Waals surface area contributed by atoms with Crippen LogP contribution in [0.15, 0.2) is 12.3 Å². The van der Waals surface area contributed by atoms with Gasteiger partial charge in [-0.1, -0.05) is 6.58 Å². The van der Waals surface area contributed by atoms with Gasteiger partial charge >= 0.3 is 0 Å². The van der Waals surface area contributed by atoms with Gasteiger partial charge in [-0.3, -0.25) is 4.90 Å². The Bertz CT molecular complexity index is 230. The number of ether oxygens (including phenoxy) is 1. The van der Waals surface area contributed by atoms with Gasteiger partial charge in [0.2, 0.25) is 0 Å². The van der Waals surface area contributed by atoms with Crippen LogP contribution < -0.4 is 0 Å². The number of allylic oxidation sites excluding steroid dienone is 1. The fourth-order valence-electron chi connectivity index (χ4n) is 2.41. The van der Waals surface area contributed by atoms with Crippen molar-refractivity contribution in [2.45, 2.75) is 31.8 Å². The van der Waals surface area contributed by atoms with Crippen LogP contribution in [-0.4, -0.2) is 55.2 Å². The van der Waals surface area contributed by atoms with Gasteiger partial charge in [-0.05, 0) is 26.8 Å². The van der Waals surface area contributed by atoms with Crippen LogP contribution in [0.1, 0.15) is 19.8 Å². The molecule has 2 rings (SSSR count). The number of hydrogen-bond donors (Lipinski definition) is 0. The fraction of sp³-hybridized carbons (Fsp3) is 0.833. The zero-order valence-corrected chi connectivity index (χ0v) is 9.91. The van der Waals surface area contributed by atoms with Crippen molar-refractivity contribution in [3.05, 3.63) is 12.3 Å². The molecule has 0 spiro atoms. The van der Waals surface area contributed by atoms with Crippen LogP contribution in [0.4, 0.5) is 0 Å². The van der Waals surface area contributed by atoms with Gasteiger partial charge in [-0.15, -0.1) is 0 Å². The maximum Gasteiger partial charge on any atom is 0.0645 e. The van der Waals surface area contributed by atoms with Gasteiger partial charge < -0.3 is 9.64 Å². The highest BCUT2D eigenvalue weighted by atomic mass is 16.5. The summed E-state index contributed by atoms with van der Waals surface area (Å²) in [5.74, 6) is 0. The van der Waals surface area contributed by atoms with E-state index in [-0.39, 0.29) is 0 Å². The van der Waals surface area contributed by atoms with Gasteiger partial charge in [0.1, 0.15) is 0 Å². The van der Waals surface area contributed by atoms with Gasteiger partial charge in [0.05, 0.1) is 19.3 Å². The number of likely N-dealkylation sites (tertiary alicyclic amines) is 1. The van der Waals surface area contributed by atoms with E-state index in [1.165, 1.54) is 18.5 Å². The monoisotopic (exact) mass is 210 g/mol. The molecular weight excluding hydrogens is 188 g/mol. The molecule has 3 nitrogen and oxygen atoms in total. The minimum absolute atomic E-state index is 0.673. The van der Waals surface area contributed by atoms with Crippen molar-refractivity contribution in [3.8, 4) is 0 Å². The molecule has 0 aliphatic carbocycles. The lowest BCUT2D eigenvalue weighted by molar-refractivity contribution is -0.0752. The van der Waals surface area contributed by atoms with E-state index in [1.54, 1.807) is 0 Å². The third kappa shape index (κ3) is 2.34. The summed E-state index contributed by atoms with van der Waals surface area (Å²) in [7, 11) is 2.24. The largest absolute Gasteiger partial charge is 0.378 e. The minimum atomic E-state index is 0.673. The van der Waals surface area contributed by atoms with Crippen LogP contribution in [-0.2, 0) is 4.74 Å². The molecule has 0 aromatic rings. The number of likely N-dealkylation sites (N-methyl/N-ethyl adjacent to an activating group) is 1. The summed E-state index contributed by atoms with van der Waals surface area (Å²) in [5.41, 5.74) is 1.21. The highest BCUT2D eigenvalue weighted by Gasteiger charge is 2.30. The first kappa shape index (κ1) is 11.0. The van der Waals surface area contributed by atoms with Crippen molar-refractivity contribution >= 4 is 0 Å². The van der Waals surface area contributed by atoms with E-state index >= 15 is 0 Å². The molecular formula is C12H22N2O. The Balaban J connectivity index is 1.79. The van der Waals surface area contributed by atoms with Crippen LogP contribution in [0.2, 0.25) is 0 Å². The second-order valence-corrected chi connectivity index (χ2v) is 4.81. The highest BCUT2D eigenvalue weighted by Crippen LogP contribution is 2.21. The fourth-order valence-corrected chi connectivity index (χ4v) is 2.41. The summed E-state index contributed by atoms with van der Waals surface area (Å²) in [5, 5.41) is 0. The lowest BCUT2D eigenvalue weighted by atomic mass is 10.0. The van der Waals surface area contributed by atoms with Crippen LogP contribution in [0.25, 0.3) is 0 Å². The Kier molecular flexibility index (Phi) is 3.32. The Morgan fingerprint density at radius 1 is 1.27 bits per heavy atom. The van der Waals surface area contributed by atoms with Gasteiger partial charge in [0.15, 0.2) is 0 Å². The Hall–Kier alpha value is -0.540. The summed E-state index contributed by atoms with van der Waals surface area (Å²) >= 11 is 0. The smallest absolute Gasteiger partial charge is 0.0645 e. The number of nitrogens with zero attached hydrogens (tertiary/aromatic N) is 2. The first-order chi connectivity index (χ1) is 7.18. The van der Waals surface area contributed by atoms with Crippen LogP contribution in [0.3, 0.4) is 0 Å². The molecule has 2 fully saturated rings. The van der Waals surface area contributed by atoms with Gasteiger partial charge in [0.25, 0.3) is 0 Å². The average molecular weight is 210 g/mol. The molecule has 86 valence electrons. The van der Waals surface area contributed by atoms with Gasteiger partial charge in [0, 0.05) is 24.8 Å². The third-order valence-corrected chi connectivity index (χ3v) is 3.78. The summed E-state index contributed by atoms with van der Waals surface area (Å²) in [6.45, 7) is 10.3. The molecule has 0 aromatic carbocycles. The number of rotatable bonds is 3. The second kappa shape index (κ2) is 4.54. The minimum Gasteiger partial charge on any atom is -0.378 e. The lowest BCUT2D eigenvalue weighted by Crippen LogP contribution is -2.53. The van der Waals surface area contributed by atoms with E-state index in [4.69, 9.17) is 4.74 Å². The molecule has 0 unspecified atom stereocenters. The Morgan fingerprint density at radius 3 is 2.27 bits per heavy atom. The molecule has 0 atom stereocenters. The molecule has 2 aliphatic heterocycles. The molecule has 0 aromatic heterocycles. The first-order valence-electron chi connectivity index (χ1n) is 5.88. The van der Waals surface area contributed by atoms with Crippen molar-refractivity contribution in [2.75, 3.05) is 33.4 Å². The van der Waals surface area contributed by atoms with Crippen molar-refractivity contribution in [1.29, 1.82) is 0 Å². The predicted molar refractivity (Wildman–Crippen MR) is 61.8 cm³/mol. The zero-order valence-electron chi connectivity index (χ0n) is 9.91. The van der Waals surface area contributed by atoms with E-state index in [0.717, 1.165) is 32.3 Å². The van der Waals surface area contributed by atoms with Crippen molar-refractivity contribution in [2.24, 2.45) is 0 Å². The van der Waals surface area contributed by atoms with E-state index in [2.05, 4.69) is 30.4 Å². The molecule has 2 aliphatic rings. The normalized spacial score (nSPS) is 24.3. The molecule has 0 N–H and O–H groups in total. The molecule has 3 heteroatoms. The van der Waals surface area contributed by atoms with E-state index in [0.29, 0.717) is 6.04 Å². The second-order valence-electron chi connectivity index (χ2n) is 4.81. The highest BCUT2D eigenvalue weighted by molar-refractivity contribution is 4.93. The standard InChI is InChI=1S/C12H22N2O/c1-10(2)14-6-4-11(5-7-14)13(3)12-8-15-9-12/h11-12H,1,4-9H2,2-3H3. The molecule has 2 saturated heterocycles. The Morgan fingerprint density at radius 2 is 1.87 bits per heavy atom. The molecule has 0 saturated carbocycles. The van der Waals surface area contributed by atoms with E-state index in [9.17, 15) is 0 Å².